The van der Waals surface area contributed by atoms with Crippen LogP contribution in [-0.2, 0) is 22.5 Å². The highest BCUT2D eigenvalue weighted by molar-refractivity contribution is 7.99. The third-order valence-electron chi connectivity index (χ3n) is 4.24. The standard InChI is InChI=1S/C19H19N3O2S/c1-22-9-8-16-15(11-22)18(13-6-4-3-5-7-13)14(10-20)19(21-16)25-12-17(23)24-2/h3-7H,8-9,11-12H2,1-2H3. The first-order valence-corrected chi connectivity index (χ1v) is 9.02. The summed E-state index contributed by atoms with van der Waals surface area (Å²) in [5, 5.41) is 10.4. The molecule has 6 heteroatoms. The molecular weight excluding hydrogens is 334 g/mol. The van der Waals surface area contributed by atoms with Crippen LogP contribution in [0, 0.1) is 11.3 Å². The number of carbonyl (C=O) groups excluding carboxylic acids is 1. The van der Waals surface area contributed by atoms with Crippen molar-refractivity contribution in [3.8, 4) is 17.2 Å². The number of rotatable bonds is 4. The van der Waals surface area contributed by atoms with Crippen LogP contribution in [0.5, 0.6) is 0 Å². The molecule has 25 heavy (non-hydrogen) atoms. The number of fused-ring (bicyclic) bond motifs is 1. The number of aromatic nitrogens is 1. The Morgan fingerprint density at radius 3 is 2.84 bits per heavy atom. The summed E-state index contributed by atoms with van der Waals surface area (Å²) in [4.78, 5) is 18.5. The molecule has 128 valence electrons. The van der Waals surface area contributed by atoms with Gasteiger partial charge in [0.15, 0.2) is 0 Å². The maximum absolute atomic E-state index is 11.5. The van der Waals surface area contributed by atoms with Gasteiger partial charge < -0.3 is 9.64 Å². The highest BCUT2D eigenvalue weighted by Crippen LogP contribution is 2.36. The van der Waals surface area contributed by atoms with Gasteiger partial charge >= 0.3 is 5.97 Å². The van der Waals surface area contributed by atoms with Gasteiger partial charge in [0.2, 0.25) is 0 Å². The maximum atomic E-state index is 11.5. The molecule has 0 N–H and O–H groups in total. The summed E-state index contributed by atoms with van der Waals surface area (Å²) in [5.74, 6) is -0.181. The van der Waals surface area contributed by atoms with Gasteiger partial charge in [-0.2, -0.15) is 5.26 Å². The van der Waals surface area contributed by atoms with Gasteiger partial charge in [-0.15, -0.1) is 0 Å². The average Bonchev–Trinajstić information content (AvgIpc) is 2.65. The molecule has 3 rings (SSSR count). The SMILES string of the molecule is COC(=O)CSc1nc2c(c(-c3ccccc3)c1C#N)CN(C)CC2. The lowest BCUT2D eigenvalue weighted by Crippen LogP contribution is -2.28. The van der Waals surface area contributed by atoms with E-state index in [9.17, 15) is 10.1 Å². The molecule has 1 aromatic heterocycles. The van der Waals surface area contributed by atoms with Gasteiger partial charge in [0.1, 0.15) is 11.1 Å². The smallest absolute Gasteiger partial charge is 0.316 e. The van der Waals surface area contributed by atoms with Crippen LogP contribution in [0.1, 0.15) is 16.8 Å². The monoisotopic (exact) mass is 353 g/mol. The Bertz CT molecular complexity index is 831. The van der Waals surface area contributed by atoms with Crippen LogP contribution in [-0.4, -0.2) is 42.3 Å². The molecule has 0 radical (unpaired) electrons. The Morgan fingerprint density at radius 2 is 2.16 bits per heavy atom. The van der Waals surface area contributed by atoms with Gasteiger partial charge in [0, 0.05) is 30.8 Å². The van der Waals surface area contributed by atoms with Gasteiger partial charge in [-0.1, -0.05) is 42.1 Å². The molecule has 5 nitrogen and oxygen atoms in total. The predicted octanol–water partition coefficient (Wildman–Crippen LogP) is 2.87. The molecule has 1 aliphatic heterocycles. The van der Waals surface area contributed by atoms with Gasteiger partial charge in [-0.25, -0.2) is 4.98 Å². The zero-order valence-electron chi connectivity index (χ0n) is 14.3. The van der Waals surface area contributed by atoms with Crippen molar-refractivity contribution in [2.75, 3.05) is 26.5 Å². The summed E-state index contributed by atoms with van der Waals surface area (Å²) in [6.07, 6.45) is 0.836. The summed E-state index contributed by atoms with van der Waals surface area (Å²) >= 11 is 1.27. The highest BCUT2D eigenvalue weighted by atomic mass is 32.2. The van der Waals surface area contributed by atoms with Crippen molar-refractivity contribution in [1.82, 2.24) is 9.88 Å². The number of likely N-dealkylation sites (N-methyl/N-ethyl adjacent to an activating group) is 1. The molecule has 2 heterocycles. The molecule has 0 saturated heterocycles. The lowest BCUT2D eigenvalue weighted by molar-refractivity contribution is -0.137. The van der Waals surface area contributed by atoms with Crippen molar-refractivity contribution in [3.63, 3.8) is 0 Å². The third-order valence-corrected chi connectivity index (χ3v) is 5.19. The van der Waals surface area contributed by atoms with Crippen molar-refractivity contribution in [3.05, 3.63) is 47.2 Å². The minimum atomic E-state index is -0.325. The lowest BCUT2D eigenvalue weighted by atomic mass is 9.92. The number of thioether (sulfide) groups is 1. The fourth-order valence-electron chi connectivity index (χ4n) is 2.99. The van der Waals surface area contributed by atoms with E-state index < -0.39 is 0 Å². The normalized spacial score (nSPS) is 13.8. The average molecular weight is 353 g/mol. The Kier molecular flexibility index (Phi) is 5.37. The second-order valence-corrected chi connectivity index (χ2v) is 6.89. The van der Waals surface area contributed by atoms with Gasteiger partial charge in [0.25, 0.3) is 0 Å². The number of hydrogen-bond donors (Lipinski definition) is 0. The second kappa shape index (κ2) is 7.68. The van der Waals surface area contributed by atoms with E-state index in [1.807, 2.05) is 30.3 Å². The van der Waals surface area contributed by atoms with Crippen LogP contribution < -0.4 is 0 Å². The third kappa shape index (κ3) is 3.68. The fourth-order valence-corrected chi connectivity index (χ4v) is 3.83. The minimum Gasteiger partial charge on any atom is -0.468 e. The van der Waals surface area contributed by atoms with E-state index in [-0.39, 0.29) is 11.7 Å². The first kappa shape index (κ1) is 17.5. The Morgan fingerprint density at radius 1 is 1.40 bits per heavy atom. The molecule has 0 atom stereocenters. The van der Waals surface area contributed by atoms with Crippen molar-refractivity contribution in [1.29, 1.82) is 5.26 Å². The Balaban J connectivity index is 2.15. The Labute approximate surface area is 151 Å². The fraction of sp³-hybridized carbons (Fsp3) is 0.316. The zero-order valence-corrected chi connectivity index (χ0v) is 15.1. The first-order chi connectivity index (χ1) is 12.1. The number of carbonyl (C=O) groups is 1. The van der Waals surface area contributed by atoms with Crippen LogP contribution in [0.2, 0.25) is 0 Å². The molecule has 2 aromatic rings. The summed E-state index contributed by atoms with van der Waals surface area (Å²) < 4.78 is 4.71. The zero-order chi connectivity index (χ0) is 17.8. The highest BCUT2D eigenvalue weighted by Gasteiger charge is 2.25. The first-order valence-electron chi connectivity index (χ1n) is 8.03. The number of nitriles is 1. The number of nitrogens with zero attached hydrogens (tertiary/aromatic N) is 3. The van der Waals surface area contributed by atoms with E-state index in [1.165, 1.54) is 18.9 Å². The number of methoxy groups -OCH3 is 1. The topological polar surface area (TPSA) is 66.2 Å². The molecule has 0 bridgehead atoms. The summed E-state index contributed by atoms with van der Waals surface area (Å²) in [6.45, 7) is 1.70. The number of ether oxygens (including phenoxy) is 1. The lowest BCUT2D eigenvalue weighted by Gasteiger charge is -2.28. The van der Waals surface area contributed by atoms with Crippen LogP contribution in [0.25, 0.3) is 11.1 Å². The number of hydrogen-bond acceptors (Lipinski definition) is 6. The molecule has 0 aliphatic carbocycles. The van der Waals surface area contributed by atoms with Crippen molar-refractivity contribution in [2.45, 2.75) is 18.0 Å². The number of esters is 1. The Hall–Kier alpha value is -2.36. The molecule has 0 saturated carbocycles. The largest absolute Gasteiger partial charge is 0.468 e. The number of benzene rings is 1. The molecule has 0 fully saturated rings. The van der Waals surface area contributed by atoms with Gasteiger partial charge in [-0.3, -0.25) is 4.79 Å². The van der Waals surface area contributed by atoms with Crippen LogP contribution in [0.15, 0.2) is 35.4 Å². The molecule has 1 aliphatic rings. The minimum absolute atomic E-state index is 0.144. The maximum Gasteiger partial charge on any atom is 0.316 e. The van der Waals surface area contributed by atoms with E-state index in [1.54, 1.807) is 0 Å². The summed E-state index contributed by atoms with van der Waals surface area (Å²) in [5.41, 5.74) is 4.61. The molecule has 1 aromatic carbocycles. The summed E-state index contributed by atoms with van der Waals surface area (Å²) in [6, 6.07) is 12.2. The molecule has 0 unspecified atom stereocenters. The molecule has 0 spiro atoms. The van der Waals surface area contributed by atoms with Gasteiger partial charge in [0.05, 0.1) is 18.4 Å². The molecular formula is C19H19N3O2S. The van der Waals surface area contributed by atoms with Crippen LogP contribution in [0.3, 0.4) is 0 Å². The van der Waals surface area contributed by atoms with E-state index in [2.05, 4.69) is 18.0 Å². The van der Waals surface area contributed by atoms with Crippen LogP contribution >= 0.6 is 11.8 Å². The van der Waals surface area contributed by atoms with E-state index in [0.717, 1.165) is 41.9 Å². The van der Waals surface area contributed by atoms with E-state index in [4.69, 9.17) is 9.72 Å². The van der Waals surface area contributed by atoms with Crippen molar-refractivity contribution in [2.24, 2.45) is 0 Å². The van der Waals surface area contributed by atoms with E-state index in [0.29, 0.717) is 10.6 Å². The van der Waals surface area contributed by atoms with Crippen molar-refractivity contribution >= 4 is 17.7 Å². The second-order valence-electron chi connectivity index (χ2n) is 5.92. The molecule has 0 amide bonds. The van der Waals surface area contributed by atoms with Crippen LogP contribution in [0.4, 0.5) is 0 Å². The summed E-state index contributed by atoms with van der Waals surface area (Å²) in [7, 11) is 3.43. The van der Waals surface area contributed by atoms with E-state index >= 15 is 0 Å². The quantitative estimate of drug-likeness (QED) is 0.622. The van der Waals surface area contributed by atoms with Crippen molar-refractivity contribution < 1.29 is 9.53 Å². The van der Waals surface area contributed by atoms with Gasteiger partial charge in [-0.05, 0) is 18.2 Å². The predicted molar refractivity (Wildman–Crippen MR) is 97.2 cm³/mol. The number of pyridine rings is 1.